The van der Waals surface area contributed by atoms with Crippen LogP contribution in [0.25, 0.3) is 0 Å². The zero-order chi connectivity index (χ0) is 10.8. The second-order valence-corrected chi connectivity index (χ2v) is 3.24. The van der Waals surface area contributed by atoms with E-state index < -0.39 is 11.8 Å². The van der Waals surface area contributed by atoms with Crippen LogP contribution in [0.1, 0.15) is 11.6 Å². The first-order valence-electron chi connectivity index (χ1n) is 4.48. The number of rotatable bonds is 2. The molecule has 1 aliphatic heterocycles. The summed E-state index contributed by atoms with van der Waals surface area (Å²) in [6, 6.07) is 3.40. The Balaban J connectivity index is 2.42. The monoisotopic (exact) mass is 208 g/mol. The van der Waals surface area contributed by atoms with Crippen LogP contribution < -0.4 is 10.6 Å². The number of halogens is 1. The molecule has 0 aliphatic carbocycles. The molecule has 1 unspecified atom stereocenters. The molecule has 0 bridgehead atoms. The van der Waals surface area contributed by atoms with Gasteiger partial charge in [-0.1, -0.05) is 6.07 Å². The van der Waals surface area contributed by atoms with Gasteiger partial charge in [-0.3, -0.25) is 14.9 Å². The van der Waals surface area contributed by atoms with Crippen molar-refractivity contribution >= 4 is 17.8 Å². The molecule has 15 heavy (non-hydrogen) atoms. The van der Waals surface area contributed by atoms with Crippen molar-refractivity contribution in [2.45, 2.75) is 6.04 Å². The Morgan fingerprint density at radius 2 is 2.33 bits per heavy atom. The van der Waals surface area contributed by atoms with Crippen LogP contribution in [0.2, 0.25) is 0 Å². The maximum absolute atomic E-state index is 12.9. The van der Waals surface area contributed by atoms with Crippen molar-refractivity contribution in [1.29, 1.82) is 0 Å². The van der Waals surface area contributed by atoms with E-state index in [1.807, 2.05) is 0 Å². The Bertz CT molecular complexity index is 420. The third-order valence-corrected chi connectivity index (χ3v) is 2.31. The molecule has 0 saturated carbocycles. The average Bonchev–Trinajstić information content (AvgIpc) is 2.26. The lowest BCUT2D eigenvalue weighted by Gasteiger charge is -2.25. The minimum absolute atomic E-state index is 0.274. The van der Waals surface area contributed by atoms with E-state index in [2.05, 4.69) is 10.6 Å². The van der Waals surface area contributed by atoms with Crippen molar-refractivity contribution in [3.8, 4) is 0 Å². The minimum atomic E-state index is -0.667. The lowest BCUT2D eigenvalue weighted by molar-refractivity contribution is -0.131. The summed E-state index contributed by atoms with van der Waals surface area (Å²) in [7, 11) is 0. The molecule has 2 rings (SSSR count). The number of fused-ring (bicyclic) bond motifs is 1. The van der Waals surface area contributed by atoms with E-state index >= 15 is 0 Å². The van der Waals surface area contributed by atoms with E-state index in [0.717, 1.165) is 0 Å². The van der Waals surface area contributed by atoms with Gasteiger partial charge in [-0.25, -0.2) is 4.39 Å². The Labute approximate surface area is 85.5 Å². The number of Topliss-reactive ketones (excluding diaryl/α,β-unsaturated/α-hetero) is 1. The highest BCUT2D eigenvalue weighted by molar-refractivity contribution is 6.27. The van der Waals surface area contributed by atoms with E-state index in [9.17, 15) is 14.0 Å². The molecule has 5 heteroatoms. The fourth-order valence-electron chi connectivity index (χ4n) is 1.61. The van der Waals surface area contributed by atoms with Gasteiger partial charge in [-0.15, -0.1) is 0 Å². The van der Waals surface area contributed by atoms with Gasteiger partial charge in [0.25, 0.3) is 0 Å². The Morgan fingerprint density at radius 3 is 3.07 bits per heavy atom. The van der Waals surface area contributed by atoms with E-state index in [4.69, 9.17) is 0 Å². The molecular formula is C10H9FN2O2. The molecule has 0 radical (unpaired) electrons. The summed E-state index contributed by atoms with van der Waals surface area (Å²) < 4.78 is 12.9. The maximum atomic E-state index is 12.9. The van der Waals surface area contributed by atoms with Crippen LogP contribution in [-0.4, -0.2) is 18.7 Å². The normalized spacial score (nSPS) is 18.9. The lowest BCUT2D eigenvalue weighted by Crippen LogP contribution is -2.37. The first kappa shape index (κ1) is 9.79. The molecule has 0 aromatic heterocycles. The zero-order valence-electron chi connectivity index (χ0n) is 7.79. The Morgan fingerprint density at radius 1 is 1.53 bits per heavy atom. The van der Waals surface area contributed by atoms with Crippen molar-refractivity contribution in [3.63, 3.8) is 0 Å². The predicted octanol–water partition coefficient (Wildman–Crippen LogP) is 0.607. The fourth-order valence-corrected chi connectivity index (χ4v) is 1.61. The summed E-state index contributed by atoms with van der Waals surface area (Å²) >= 11 is 0. The molecular weight excluding hydrogens is 199 g/mol. The van der Waals surface area contributed by atoms with E-state index in [1.165, 1.54) is 18.2 Å². The molecule has 4 nitrogen and oxygen atoms in total. The lowest BCUT2D eigenvalue weighted by atomic mass is 9.99. The SMILES string of the molecule is O=CC(=O)C1NCNc2cc(F)ccc21. The quantitative estimate of drug-likeness (QED) is 0.552. The molecule has 1 atom stereocenters. The molecule has 1 aliphatic rings. The molecule has 0 spiro atoms. The second kappa shape index (κ2) is 3.78. The zero-order valence-corrected chi connectivity index (χ0v) is 7.79. The van der Waals surface area contributed by atoms with Gasteiger partial charge in [-0.2, -0.15) is 0 Å². The highest BCUT2D eigenvalue weighted by Gasteiger charge is 2.25. The van der Waals surface area contributed by atoms with Crippen molar-refractivity contribution in [2.75, 3.05) is 12.0 Å². The Hall–Kier alpha value is -1.75. The fraction of sp³-hybridized carbons (Fsp3) is 0.200. The summed E-state index contributed by atoms with van der Waals surface area (Å²) in [5.74, 6) is -0.926. The molecule has 78 valence electrons. The Kier molecular flexibility index (Phi) is 2.47. The van der Waals surface area contributed by atoms with Gasteiger partial charge in [-0.05, 0) is 12.1 Å². The molecule has 0 saturated heterocycles. The first-order valence-corrected chi connectivity index (χ1v) is 4.48. The number of carbonyl (C=O) groups is 2. The number of aldehydes is 1. The van der Waals surface area contributed by atoms with Gasteiger partial charge in [0.1, 0.15) is 11.9 Å². The highest BCUT2D eigenvalue weighted by atomic mass is 19.1. The number of hydrogen-bond acceptors (Lipinski definition) is 4. The van der Waals surface area contributed by atoms with E-state index in [0.29, 0.717) is 17.9 Å². The van der Waals surface area contributed by atoms with Crippen LogP contribution in [0, 0.1) is 5.82 Å². The summed E-state index contributed by atoms with van der Waals surface area (Å²) in [6.45, 7) is 0.334. The van der Waals surface area contributed by atoms with Gasteiger partial charge < -0.3 is 5.32 Å². The van der Waals surface area contributed by atoms with E-state index in [1.54, 1.807) is 0 Å². The number of ketones is 1. The van der Waals surface area contributed by atoms with Crippen LogP contribution in [0.15, 0.2) is 18.2 Å². The number of hydrogen-bond donors (Lipinski definition) is 2. The molecule has 0 amide bonds. The molecule has 2 N–H and O–H groups in total. The predicted molar refractivity (Wildman–Crippen MR) is 51.8 cm³/mol. The van der Waals surface area contributed by atoms with Gasteiger partial charge in [0.15, 0.2) is 6.29 Å². The van der Waals surface area contributed by atoms with Gasteiger partial charge in [0, 0.05) is 11.3 Å². The molecule has 0 fully saturated rings. The largest absolute Gasteiger partial charge is 0.372 e. The third-order valence-electron chi connectivity index (χ3n) is 2.31. The van der Waals surface area contributed by atoms with Crippen molar-refractivity contribution in [3.05, 3.63) is 29.6 Å². The molecule has 1 aromatic carbocycles. The van der Waals surface area contributed by atoms with Crippen LogP contribution in [-0.2, 0) is 9.59 Å². The molecule has 1 heterocycles. The number of anilines is 1. The third kappa shape index (κ3) is 1.73. The van der Waals surface area contributed by atoms with Crippen LogP contribution >= 0.6 is 0 Å². The van der Waals surface area contributed by atoms with Crippen molar-refractivity contribution in [1.82, 2.24) is 5.32 Å². The topological polar surface area (TPSA) is 58.2 Å². The maximum Gasteiger partial charge on any atom is 0.216 e. The molecule has 1 aromatic rings. The summed E-state index contributed by atoms with van der Waals surface area (Å²) in [4.78, 5) is 21.7. The van der Waals surface area contributed by atoms with Crippen LogP contribution in [0.4, 0.5) is 10.1 Å². The number of carbonyl (C=O) groups excluding carboxylic acids is 2. The van der Waals surface area contributed by atoms with Crippen molar-refractivity contribution < 1.29 is 14.0 Å². The minimum Gasteiger partial charge on any atom is -0.372 e. The van der Waals surface area contributed by atoms with Crippen molar-refractivity contribution in [2.24, 2.45) is 0 Å². The van der Waals surface area contributed by atoms with Crippen LogP contribution in [0.5, 0.6) is 0 Å². The summed E-state index contributed by atoms with van der Waals surface area (Å²) in [6.07, 6.45) is 0.274. The second-order valence-electron chi connectivity index (χ2n) is 3.24. The smallest absolute Gasteiger partial charge is 0.216 e. The van der Waals surface area contributed by atoms with Gasteiger partial charge in [0.2, 0.25) is 5.78 Å². The summed E-state index contributed by atoms with van der Waals surface area (Å²) in [5.41, 5.74) is 1.15. The number of benzene rings is 1. The van der Waals surface area contributed by atoms with E-state index in [-0.39, 0.29) is 12.1 Å². The van der Waals surface area contributed by atoms with Gasteiger partial charge >= 0.3 is 0 Å². The highest BCUT2D eigenvalue weighted by Crippen LogP contribution is 2.26. The van der Waals surface area contributed by atoms with Crippen LogP contribution in [0.3, 0.4) is 0 Å². The summed E-state index contributed by atoms with van der Waals surface area (Å²) in [5, 5.41) is 5.72. The first-order chi connectivity index (χ1) is 7.22. The standard InChI is InChI=1S/C10H9FN2O2/c11-6-1-2-7-8(3-6)12-5-13-10(7)9(15)4-14/h1-4,10,12-13H,5H2. The van der Waals surface area contributed by atoms with Gasteiger partial charge in [0.05, 0.1) is 6.67 Å². The average molecular weight is 208 g/mol. The number of nitrogens with one attached hydrogen (secondary N) is 2.